The molecule has 1 aliphatic heterocycles. The number of allylic oxidation sites excluding steroid dienone is 1. The van der Waals surface area contributed by atoms with Crippen LogP contribution >= 0.6 is 0 Å². The Labute approximate surface area is 181 Å². The molecule has 4 rings (SSSR count). The maximum Gasteiger partial charge on any atom is 0.0237 e. The van der Waals surface area contributed by atoms with Gasteiger partial charge < -0.3 is 0 Å². The normalized spacial score (nSPS) is 18.1. The SMILES string of the molecule is C(=C\c1ccccc1)/CC[C@H]1CN(Cc2ccccc2)CCN1Cc1ccccc1. The molecule has 1 heterocycles. The molecule has 1 aliphatic rings. The van der Waals surface area contributed by atoms with Crippen molar-refractivity contribution in [2.75, 3.05) is 19.6 Å². The molecule has 3 aromatic rings. The third-order valence-electron chi connectivity index (χ3n) is 5.94. The molecule has 30 heavy (non-hydrogen) atoms. The van der Waals surface area contributed by atoms with Gasteiger partial charge in [0.2, 0.25) is 0 Å². The van der Waals surface area contributed by atoms with E-state index in [0.29, 0.717) is 6.04 Å². The average molecular weight is 397 g/mol. The Hall–Kier alpha value is -2.68. The van der Waals surface area contributed by atoms with Crippen molar-refractivity contribution in [3.8, 4) is 0 Å². The van der Waals surface area contributed by atoms with Gasteiger partial charge >= 0.3 is 0 Å². The molecule has 154 valence electrons. The highest BCUT2D eigenvalue weighted by Gasteiger charge is 2.26. The van der Waals surface area contributed by atoms with E-state index in [1.54, 1.807) is 0 Å². The molecular weight excluding hydrogens is 364 g/mol. The molecular formula is C28H32N2. The molecule has 0 bridgehead atoms. The monoisotopic (exact) mass is 396 g/mol. The fourth-order valence-electron chi connectivity index (χ4n) is 4.31. The van der Waals surface area contributed by atoms with E-state index < -0.39 is 0 Å². The summed E-state index contributed by atoms with van der Waals surface area (Å²) in [5.41, 5.74) is 4.11. The van der Waals surface area contributed by atoms with Crippen LogP contribution in [0.5, 0.6) is 0 Å². The van der Waals surface area contributed by atoms with Gasteiger partial charge in [0.15, 0.2) is 0 Å². The maximum absolute atomic E-state index is 2.69. The fourth-order valence-corrected chi connectivity index (χ4v) is 4.31. The van der Waals surface area contributed by atoms with Crippen LogP contribution in [-0.4, -0.2) is 35.5 Å². The second-order valence-corrected chi connectivity index (χ2v) is 8.22. The zero-order valence-electron chi connectivity index (χ0n) is 17.7. The minimum atomic E-state index is 0.586. The van der Waals surface area contributed by atoms with E-state index in [1.807, 2.05) is 0 Å². The maximum atomic E-state index is 2.69. The zero-order valence-corrected chi connectivity index (χ0v) is 17.7. The molecule has 0 saturated carbocycles. The Balaban J connectivity index is 1.38. The number of hydrogen-bond donors (Lipinski definition) is 0. The molecule has 2 nitrogen and oxygen atoms in total. The first kappa shape index (κ1) is 20.6. The minimum Gasteiger partial charge on any atom is -0.296 e. The molecule has 0 N–H and O–H groups in total. The Kier molecular flexibility index (Phi) is 7.49. The standard InChI is InChI=1S/C28H32N2/c1-4-12-25(13-5-1)14-10-11-19-28-24-29(22-26-15-6-2-7-16-26)20-21-30(28)23-27-17-8-3-9-18-27/h1-10,12-18,28H,11,19-24H2/b14-10+/t28-/m0/s1. The van der Waals surface area contributed by atoms with E-state index in [0.717, 1.165) is 39.1 Å². The number of benzene rings is 3. The summed E-state index contributed by atoms with van der Waals surface area (Å²) in [6.45, 7) is 5.51. The summed E-state index contributed by atoms with van der Waals surface area (Å²) in [7, 11) is 0. The van der Waals surface area contributed by atoms with Crippen LogP contribution in [0.25, 0.3) is 6.08 Å². The highest BCUT2D eigenvalue weighted by Crippen LogP contribution is 2.20. The van der Waals surface area contributed by atoms with Gasteiger partial charge in [-0.25, -0.2) is 0 Å². The van der Waals surface area contributed by atoms with Gasteiger partial charge in [-0.05, 0) is 29.5 Å². The van der Waals surface area contributed by atoms with Crippen LogP contribution in [0.15, 0.2) is 97.1 Å². The first-order valence-corrected chi connectivity index (χ1v) is 11.1. The molecule has 0 radical (unpaired) electrons. The fraction of sp³-hybridized carbons (Fsp3) is 0.286. The van der Waals surface area contributed by atoms with Crippen molar-refractivity contribution in [1.29, 1.82) is 0 Å². The average Bonchev–Trinajstić information content (AvgIpc) is 2.80. The second-order valence-electron chi connectivity index (χ2n) is 8.22. The van der Waals surface area contributed by atoms with Gasteiger partial charge in [-0.2, -0.15) is 0 Å². The van der Waals surface area contributed by atoms with E-state index in [1.165, 1.54) is 23.1 Å². The summed E-state index contributed by atoms with van der Waals surface area (Å²) in [6.07, 6.45) is 6.91. The van der Waals surface area contributed by atoms with E-state index in [-0.39, 0.29) is 0 Å². The molecule has 0 spiro atoms. The van der Waals surface area contributed by atoms with Crippen molar-refractivity contribution in [3.05, 3.63) is 114 Å². The highest BCUT2D eigenvalue weighted by molar-refractivity contribution is 5.48. The predicted octanol–water partition coefficient (Wildman–Crippen LogP) is 5.87. The smallest absolute Gasteiger partial charge is 0.0237 e. The van der Waals surface area contributed by atoms with Crippen LogP contribution in [0.4, 0.5) is 0 Å². The first-order valence-electron chi connectivity index (χ1n) is 11.1. The van der Waals surface area contributed by atoms with Gasteiger partial charge in [0.25, 0.3) is 0 Å². The lowest BCUT2D eigenvalue weighted by atomic mass is 10.0. The first-order chi connectivity index (χ1) is 14.9. The summed E-state index contributed by atoms with van der Waals surface area (Å²) < 4.78 is 0. The Morgan fingerprint density at radius 2 is 1.30 bits per heavy atom. The summed E-state index contributed by atoms with van der Waals surface area (Å²) in [5, 5.41) is 0. The lowest BCUT2D eigenvalue weighted by Crippen LogP contribution is -2.52. The molecule has 1 atom stereocenters. The number of hydrogen-bond acceptors (Lipinski definition) is 2. The van der Waals surface area contributed by atoms with E-state index in [4.69, 9.17) is 0 Å². The number of rotatable bonds is 8. The molecule has 0 unspecified atom stereocenters. The van der Waals surface area contributed by atoms with Crippen molar-refractivity contribution in [3.63, 3.8) is 0 Å². The van der Waals surface area contributed by atoms with Crippen LogP contribution in [0, 0.1) is 0 Å². The van der Waals surface area contributed by atoms with Gasteiger partial charge in [-0.3, -0.25) is 9.80 Å². The second kappa shape index (κ2) is 10.9. The molecule has 0 amide bonds. The van der Waals surface area contributed by atoms with Crippen LogP contribution in [-0.2, 0) is 13.1 Å². The number of nitrogens with zero attached hydrogens (tertiary/aromatic N) is 2. The van der Waals surface area contributed by atoms with E-state index in [2.05, 4.69) is 113 Å². The summed E-state index contributed by atoms with van der Waals surface area (Å²) in [6, 6.07) is 33.0. The van der Waals surface area contributed by atoms with Crippen molar-refractivity contribution in [2.45, 2.75) is 32.0 Å². The van der Waals surface area contributed by atoms with Crippen molar-refractivity contribution in [1.82, 2.24) is 9.80 Å². The van der Waals surface area contributed by atoms with Crippen LogP contribution in [0.2, 0.25) is 0 Å². The van der Waals surface area contributed by atoms with Crippen molar-refractivity contribution in [2.24, 2.45) is 0 Å². The van der Waals surface area contributed by atoms with Gasteiger partial charge in [-0.1, -0.05) is 103 Å². The topological polar surface area (TPSA) is 6.48 Å². The van der Waals surface area contributed by atoms with Gasteiger partial charge in [0.1, 0.15) is 0 Å². The summed E-state index contributed by atoms with van der Waals surface area (Å²) in [4.78, 5) is 5.32. The van der Waals surface area contributed by atoms with Crippen LogP contribution in [0.1, 0.15) is 29.5 Å². The summed E-state index contributed by atoms with van der Waals surface area (Å²) >= 11 is 0. The van der Waals surface area contributed by atoms with Gasteiger partial charge in [0, 0.05) is 38.8 Å². The molecule has 1 fully saturated rings. The largest absolute Gasteiger partial charge is 0.296 e. The van der Waals surface area contributed by atoms with E-state index in [9.17, 15) is 0 Å². The Bertz CT molecular complexity index is 890. The molecule has 0 aliphatic carbocycles. The zero-order chi connectivity index (χ0) is 20.4. The van der Waals surface area contributed by atoms with E-state index >= 15 is 0 Å². The lowest BCUT2D eigenvalue weighted by Gasteiger charge is -2.41. The third kappa shape index (κ3) is 6.16. The molecule has 2 heteroatoms. The predicted molar refractivity (Wildman–Crippen MR) is 127 cm³/mol. The minimum absolute atomic E-state index is 0.586. The molecule has 3 aromatic carbocycles. The van der Waals surface area contributed by atoms with Gasteiger partial charge in [0.05, 0.1) is 0 Å². The highest BCUT2D eigenvalue weighted by atomic mass is 15.3. The molecule has 0 aromatic heterocycles. The van der Waals surface area contributed by atoms with Crippen molar-refractivity contribution >= 4 is 6.08 Å². The Morgan fingerprint density at radius 1 is 0.700 bits per heavy atom. The quantitative estimate of drug-likeness (QED) is 0.470. The van der Waals surface area contributed by atoms with Crippen LogP contribution in [0.3, 0.4) is 0 Å². The third-order valence-corrected chi connectivity index (χ3v) is 5.94. The number of piperazine rings is 1. The summed E-state index contributed by atoms with van der Waals surface area (Å²) in [5.74, 6) is 0. The van der Waals surface area contributed by atoms with Gasteiger partial charge in [-0.15, -0.1) is 0 Å². The van der Waals surface area contributed by atoms with Crippen molar-refractivity contribution < 1.29 is 0 Å². The lowest BCUT2D eigenvalue weighted by molar-refractivity contribution is 0.0600. The molecule has 1 saturated heterocycles. The van der Waals surface area contributed by atoms with Crippen LogP contribution < -0.4 is 0 Å². The Morgan fingerprint density at radius 3 is 1.97 bits per heavy atom.